The van der Waals surface area contributed by atoms with Crippen LogP contribution < -0.4 is 15.2 Å². The summed E-state index contributed by atoms with van der Waals surface area (Å²) >= 11 is 0. The van der Waals surface area contributed by atoms with Crippen molar-refractivity contribution in [1.82, 2.24) is 49.6 Å². The number of nitrogens with two attached hydrogens (primary N) is 1. The number of amides is 1. The number of aromatic amines is 1. The average Bonchev–Trinajstić information content (AvgIpc) is 3.67. The van der Waals surface area contributed by atoms with E-state index in [4.69, 9.17) is 10.5 Å². The SMILES string of the molecule is Nc1ncnc2c1ncn2C1O[C@H](CNS(=O)(=O)NC(=O)CCC(=O)c2ccccc2-c2nn[nH]n2)[C@@H](O)[C@H]1O. The van der Waals surface area contributed by atoms with Gasteiger partial charge in [0.2, 0.25) is 11.7 Å². The maximum atomic E-state index is 12.7. The van der Waals surface area contributed by atoms with E-state index in [1.165, 1.54) is 23.3 Å². The van der Waals surface area contributed by atoms with E-state index >= 15 is 0 Å². The van der Waals surface area contributed by atoms with E-state index in [-0.39, 0.29) is 34.8 Å². The van der Waals surface area contributed by atoms with Crippen molar-refractivity contribution >= 4 is 38.9 Å². The lowest BCUT2D eigenvalue weighted by molar-refractivity contribution is -0.119. The third-order valence-corrected chi connectivity index (χ3v) is 7.16. The molecule has 0 aliphatic carbocycles. The Kier molecular flexibility index (Phi) is 7.45. The molecule has 4 aromatic rings. The van der Waals surface area contributed by atoms with Gasteiger partial charge in [-0.25, -0.2) is 19.7 Å². The molecule has 1 aliphatic rings. The number of nitrogens with one attached hydrogen (secondary N) is 3. The van der Waals surface area contributed by atoms with E-state index in [0.717, 1.165) is 0 Å². The average molecular weight is 574 g/mol. The highest BCUT2D eigenvalue weighted by Crippen LogP contribution is 2.31. The molecule has 3 aromatic heterocycles. The molecule has 0 radical (unpaired) electrons. The predicted octanol–water partition coefficient (Wildman–Crippen LogP) is -2.18. The van der Waals surface area contributed by atoms with Crippen LogP contribution in [-0.4, -0.2) is 95.3 Å². The van der Waals surface area contributed by atoms with Gasteiger partial charge in [0.05, 0.1) is 6.33 Å². The quantitative estimate of drug-likeness (QED) is 0.110. The highest BCUT2D eigenvalue weighted by atomic mass is 32.2. The van der Waals surface area contributed by atoms with Crippen LogP contribution in [0.3, 0.4) is 0 Å². The summed E-state index contributed by atoms with van der Waals surface area (Å²) in [6, 6.07) is 6.46. The molecule has 7 N–H and O–H groups in total. The zero-order valence-corrected chi connectivity index (χ0v) is 21.3. The van der Waals surface area contributed by atoms with Gasteiger partial charge in [0.15, 0.2) is 23.5 Å². The van der Waals surface area contributed by atoms with Gasteiger partial charge in [0.25, 0.3) is 0 Å². The number of hydrogen-bond acceptors (Lipinski definition) is 14. The Morgan fingerprint density at radius 1 is 1.12 bits per heavy atom. The second-order valence-electron chi connectivity index (χ2n) is 8.71. The van der Waals surface area contributed by atoms with Crippen LogP contribution in [0.25, 0.3) is 22.6 Å². The maximum absolute atomic E-state index is 12.7. The molecule has 0 saturated carbocycles. The van der Waals surface area contributed by atoms with Crippen LogP contribution in [0.2, 0.25) is 0 Å². The Labute approximate surface area is 225 Å². The van der Waals surface area contributed by atoms with E-state index in [1.54, 1.807) is 18.2 Å². The van der Waals surface area contributed by atoms with Crippen LogP contribution in [-0.2, 0) is 19.7 Å². The van der Waals surface area contributed by atoms with Gasteiger partial charge in [-0.15, -0.1) is 10.2 Å². The summed E-state index contributed by atoms with van der Waals surface area (Å²) in [6.45, 7) is -0.488. The van der Waals surface area contributed by atoms with Crippen LogP contribution >= 0.6 is 0 Å². The summed E-state index contributed by atoms with van der Waals surface area (Å²) in [4.78, 5) is 37.0. The van der Waals surface area contributed by atoms with Gasteiger partial charge < -0.3 is 20.7 Å². The number of aliphatic hydroxyl groups is 2. The van der Waals surface area contributed by atoms with Crippen LogP contribution in [0.1, 0.15) is 29.4 Å². The van der Waals surface area contributed by atoms with Gasteiger partial charge in [-0.1, -0.05) is 24.3 Å². The number of fused-ring (bicyclic) bond motifs is 1. The minimum Gasteiger partial charge on any atom is -0.387 e. The first kappa shape index (κ1) is 27.1. The lowest BCUT2D eigenvalue weighted by Crippen LogP contribution is -2.45. The Hall–Kier alpha value is -4.43. The fourth-order valence-electron chi connectivity index (χ4n) is 4.17. The number of carbonyl (C=O) groups is 2. The molecule has 4 heterocycles. The maximum Gasteiger partial charge on any atom is 0.301 e. The summed E-state index contributed by atoms with van der Waals surface area (Å²) in [5.74, 6) is -1.06. The molecule has 1 unspecified atom stereocenters. The van der Waals surface area contributed by atoms with Gasteiger partial charge in [-0.05, 0) is 5.21 Å². The number of Topliss-reactive ketones (excluding diaryl/α,β-unsaturated/α-hetero) is 1. The summed E-state index contributed by atoms with van der Waals surface area (Å²) < 4.78 is 35.8. The normalized spacial score (nSPS) is 21.1. The third-order valence-electron chi connectivity index (χ3n) is 6.11. The number of ketones is 1. The van der Waals surface area contributed by atoms with Gasteiger partial charge in [0.1, 0.15) is 30.2 Å². The standard InChI is InChI=1S/C21H23N11O7S/c22-18-15-20(24-8-23-18)32(9-25-15)21-17(36)16(35)13(39-21)7-26-40(37,38)29-14(34)6-5-12(33)10-3-1-2-4-11(10)19-27-30-31-28-19/h1-4,8-9,13,16-17,21,26,35-36H,5-7H2,(H,29,34)(H2,22,23,24)(H,27,28,30,31)/t13-,16-,17-,21?/m1/s1. The molecule has 1 fully saturated rings. The van der Waals surface area contributed by atoms with Crippen molar-refractivity contribution in [2.24, 2.45) is 0 Å². The lowest BCUT2D eigenvalue weighted by atomic mass is 10.00. The Morgan fingerprint density at radius 2 is 1.93 bits per heavy atom. The molecule has 4 atom stereocenters. The monoisotopic (exact) mass is 573 g/mol. The molecular formula is C21H23N11O7S. The second-order valence-corrected chi connectivity index (χ2v) is 10.2. The van der Waals surface area contributed by atoms with Crippen molar-refractivity contribution in [3.63, 3.8) is 0 Å². The number of imidazole rings is 1. The molecule has 1 saturated heterocycles. The first-order valence-corrected chi connectivity index (χ1v) is 13.2. The number of tetrazole rings is 1. The van der Waals surface area contributed by atoms with Gasteiger partial charge >= 0.3 is 10.2 Å². The van der Waals surface area contributed by atoms with Crippen LogP contribution in [0.4, 0.5) is 5.82 Å². The molecule has 1 aliphatic heterocycles. The van der Waals surface area contributed by atoms with Crippen LogP contribution in [0.15, 0.2) is 36.9 Å². The largest absolute Gasteiger partial charge is 0.387 e. The smallest absolute Gasteiger partial charge is 0.301 e. The highest BCUT2D eigenvalue weighted by Gasteiger charge is 2.44. The number of benzene rings is 1. The number of aromatic nitrogens is 8. The molecule has 40 heavy (non-hydrogen) atoms. The molecule has 1 aromatic carbocycles. The van der Waals surface area contributed by atoms with E-state index in [9.17, 15) is 28.2 Å². The van der Waals surface area contributed by atoms with Gasteiger partial charge in [-0.2, -0.15) is 18.4 Å². The fraction of sp³-hybridized carbons (Fsp3) is 0.333. The molecule has 18 nitrogen and oxygen atoms in total. The minimum absolute atomic E-state index is 0.106. The van der Waals surface area contributed by atoms with Crippen molar-refractivity contribution in [1.29, 1.82) is 0 Å². The Morgan fingerprint density at radius 3 is 2.70 bits per heavy atom. The summed E-state index contributed by atoms with van der Waals surface area (Å²) in [6.07, 6.45) is -3.51. The summed E-state index contributed by atoms with van der Waals surface area (Å²) in [5, 5.41) is 34.4. The number of aliphatic hydroxyl groups excluding tert-OH is 2. The number of carbonyl (C=O) groups excluding carboxylic acids is 2. The topological polar surface area (TPSA) is 266 Å². The molecule has 0 bridgehead atoms. The fourth-order valence-corrected chi connectivity index (χ4v) is 5.03. The van der Waals surface area contributed by atoms with E-state index in [2.05, 4.69) is 40.3 Å². The minimum atomic E-state index is -4.40. The Bertz CT molecular complexity index is 1640. The summed E-state index contributed by atoms with van der Waals surface area (Å²) in [7, 11) is -4.40. The molecule has 0 spiro atoms. The lowest BCUT2D eigenvalue weighted by Gasteiger charge is -2.16. The first-order chi connectivity index (χ1) is 19.1. The molecule has 5 rings (SSSR count). The molecular weight excluding hydrogens is 550 g/mol. The van der Waals surface area contributed by atoms with Crippen LogP contribution in [0, 0.1) is 0 Å². The number of H-pyrrole nitrogens is 1. The number of anilines is 1. The first-order valence-electron chi connectivity index (χ1n) is 11.8. The van der Waals surface area contributed by atoms with Crippen molar-refractivity contribution in [3.05, 3.63) is 42.5 Å². The number of nitrogens with zero attached hydrogens (tertiary/aromatic N) is 7. The Balaban J connectivity index is 1.15. The van der Waals surface area contributed by atoms with E-state index in [1.807, 2.05) is 4.72 Å². The number of hydrogen-bond donors (Lipinski definition) is 6. The number of rotatable bonds is 10. The molecule has 210 valence electrons. The second kappa shape index (κ2) is 11.0. The summed E-state index contributed by atoms with van der Waals surface area (Å²) in [5.41, 5.74) is 6.93. The van der Waals surface area contributed by atoms with Crippen molar-refractivity contribution in [2.45, 2.75) is 37.4 Å². The molecule has 1 amide bonds. The van der Waals surface area contributed by atoms with Crippen molar-refractivity contribution in [3.8, 4) is 11.4 Å². The predicted molar refractivity (Wildman–Crippen MR) is 134 cm³/mol. The zero-order chi connectivity index (χ0) is 28.4. The van der Waals surface area contributed by atoms with Gasteiger partial charge in [0, 0.05) is 30.5 Å². The van der Waals surface area contributed by atoms with Crippen LogP contribution in [0.5, 0.6) is 0 Å². The number of ether oxygens (including phenoxy) is 1. The van der Waals surface area contributed by atoms with Crippen molar-refractivity contribution in [2.75, 3.05) is 12.3 Å². The highest BCUT2D eigenvalue weighted by molar-refractivity contribution is 7.88. The van der Waals surface area contributed by atoms with E-state index in [0.29, 0.717) is 5.56 Å². The number of nitrogen functional groups attached to an aromatic ring is 1. The van der Waals surface area contributed by atoms with Gasteiger partial charge in [-0.3, -0.25) is 14.2 Å². The van der Waals surface area contributed by atoms with E-state index < -0.39 is 59.4 Å². The molecule has 19 heteroatoms. The zero-order valence-electron chi connectivity index (χ0n) is 20.4. The van der Waals surface area contributed by atoms with Crippen molar-refractivity contribution < 1.29 is 33.0 Å². The third kappa shape index (κ3) is 5.49.